The van der Waals surface area contributed by atoms with Gasteiger partial charge in [-0.3, -0.25) is 4.79 Å². The molecule has 4 heteroatoms. The molecule has 0 unspecified atom stereocenters. The number of carbonyl (C=O) groups is 1. The molecule has 0 aliphatic carbocycles. The molecular weight excluding hydrogens is 250 g/mol. The van der Waals surface area contributed by atoms with E-state index in [0.717, 1.165) is 35.4 Å². The minimum absolute atomic E-state index is 0.415. The van der Waals surface area contributed by atoms with Crippen LogP contribution in [0.5, 0.6) is 0 Å². The Balaban J connectivity index is 2.67. The fourth-order valence-electron chi connectivity index (χ4n) is 2.43. The molecule has 102 valence electrons. The molecule has 0 spiro atoms. The van der Waals surface area contributed by atoms with E-state index in [2.05, 4.69) is 9.83 Å². The van der Waals surface area contributed by atoms with Crippen molar-refractivity contribution >= 4 is 11.6 Å². The van der Waals surface area contributed by atoms with Crippen molar-refractivity contribution in [3.63, 3.8) is 0 Å². The monoisotopic (exact) mass is 267 g/mol. The fourth-order valence-corrected chi connectivity index (χ4v) is 2.43. The Hall–Kier alpha value is -2.54. The lowest BCUT2D eigenvalue weighted by Gasteiger charge is -2.06. The highest BCUT2D eigenvalue weighted by molar-refractivity contribution is 6.02. The van der Waals surface area contributed by atoms with Gasteiger partial charge in [0.2, 0.25) is 0 Å². The van der Waals surface area contributed by atoms with Crippen molar-refractivity contribution in [3.05, 3.63) is 52.6 Å². The first kappa shape index (κ1) is 13.9. The molecule has 0 aliphatic rings. The number of nitrogens with two attached hydrogens (primary N) is 1. The van der Waals surface area contributed by atoms with E-state index in [1.165, 1.54) is 0 Å². The zero-order valence-corrected chi connectivity index (χ0v) is 11.7. The number of rotatable bonds is 4. The first-order valence-electron chi connectivity index (χ1n) is 6.63. The topological polar surface area (TPSA) is 63.2 Å². The lowest BCUT2D eigenvalue weighted by atomic mass is 9.98. The van der Waals surface area contributed by atoms with Crippen molar-refractivity contribution in [2.75, 3.05) is 0 Å². The summed E-state index contributed by atoms with van der Waals surface area (Å²) in [5, 5.41) is 0. The Morgan fingerprint density at radius 2 is 1.80 bits per heavy atom. The molecule has 1 aromatic carbocycles. The summed E-state index contributed by atoms with van der Waals surface area (Å²) < 4.78 is 0. The van der Waals surface area contributed by atoms with E-state index in [1.807, 2.05) is 26.0 Å². The number of H-pyrrole nitrogens is 1. The van der Waals surface area contributed by atoms with Crippen molar-refractivity contribution in [2.45, 2.75) is 26.7 Å². The van der Waals surface area contributed by atoms with Crippen molar-refractivity contribution in [1.82, 2.24) is 4.98 Å². The summed E-state index contributed by atoms with van der Waals surface area (Å²) in [5.41, 5.74) is 10.4. The number of hydrogen-bond donors (Lipinski definition) is 2. The highest BCUT2D eigenvalue weighted by Gasteiger charge is 2.20. The van der Waals surface area contributed by atoms with Gasteiger partial charge in [0, 0.05) is 17.0 Å². The second-order valence-electron chi connectivity index (χ2n) is 4.56. The Kier molecular flexibility index (Phi) is 3.90. The van der Waals surface area contributed by atoms with Gasteiger partial charge in [0.05, 0.1) is 12.1 Å². The Labute approximate surface area is 118 Å². The van der Waals surface area contributed by atoms with Gasteiger partial charge in [-0.25, -0.2) is 4.85 Å². The van der Waals surface area contributed by atoms with Gasteiger partial charge in [-0.05, 0) is 18.4 Å². The summed E-state index contributed by atoms with van der Waals surface area (Å²) in [6, 6.07) is 7.24. The van der Waals surface area contributed by atoms with Crippen molar-refractivity contribution in [3.8, 4) is 11.1 Å². The van der Waals surface area contributed by atoms with Gasteiger partial charge in [-0.2, -0.15) is 0 Å². The van der Waals surface area contributed by atoms with Crippen LogP contribution in [-0.4, -0.2) is 10.9 Å². The molecule has 1 amide bonds. The molecule has 0 bridgehead atoms. The first-order chi connectivity index (χ1) is 9.62. The number of amides is 1. The van der Waals surface area contributed by atoms with Gasteiger partial charge < -0.3 is 10.7 Å². The summed E-state index contributed by atoms with van der Waals surface area (Å²) >= 11 is 0. The maximum Gasteiger partial charge on any atom is 0.251 e. The number of benzene rings is 1. The van der Waals surface area contributed by atoms with Crippen molar-refractivity contribution < 1.29 is 4.79 Å². The molecule has 2 aromatic rings. The number of aryl methyl sites for hydroxylation is 2. The van der Waals surface area contributed by atoms with Crippen LogP contribution in [0.25, 0.3) is 16.0 Å². The van der Waals surface area contributed by atoms with Gasteiger partial charge in [0.25, 0.3) is 5.91 Å². The number of aromatic amines is 1. The Bertz CT molecular complexity index is 675. The van der Waals surface area contributed by atoms with Crippen LogP contribution >= 0.6 is 0 Å². The second kappa shape index (κ2) is 5.62. The van der Waals surface area contributed by atoms with Crippen molar-refractivity contribution in [1.29, 1.82) is 0 Å². The van der Waals surface area contributed by atoms with E-state index in [4.69, 9.17) is 12.3 Å². The molecule has 2 rings (SSSR count). The van der Waals surface area contributed by atoms with Gasteiger partial charge >= 0.3 is 0 Å². The molecule has 0 atom stereocenters. The van der Waals surface area contributed by atoms with E-state index >= 15 is 0 Å². The molecule has 3 N–H and O–H groups in total. The van der Waals surface area contributed by atoms with Crippen LogP contribution < -0.4 is 5.73 Å². The normalized spacial score (nSPS) is 10.2. The van der Waals surface area contributed by atoms with E-state index < -0.39 is 5.91 Å². The van der Waals surface area contributed by atoms with E-state index in [1.54, 1.807) is 12.1 Å². The van der Waals surface area contributed by atoms with Gasteiger partial charge in [0.1, 0.15) is 0 Å². The van der Waals surface area contributed by atoms with E-state index in [9.17, 15) is 4.79 Å². The number of carbonyl (C=O) groups excluding carboxylic acids is 1. The van der Waals surface area contributed by atoms with Gasteiger partial charge in [-0.15, -0.1) is 0 Å². The molecule has 4 nitrogen and oxygen atoms in total. The third-order valence-electron chi connectivity index (χ3n) is 3.39. The second-order valence-corrected chi connectivity index (χ2v) is 4.56. The van der Waals surface area contributed by atoms with Gasteiger partial charge in [-0.1, -0.05) is 38.1 Å². The quantitative estimate of drug-likeness (QED) is 0.819. The summed E-state index contributed by atoms with van der Waals surface area (Å²) in [6.07, 6.45) is 1.52. The molecule has 0 radical (unpaired) electrons. The van der Waals surface area contributed by atoms with Crippen LogP contribution in [0.3, 0.4) is 0 Å². The molecule has 0 fully saturated rings. The highest BCUT2D eigenvalue weighted by Crippen LogP contribution is 2.32. The molecular formula is C16H17N3O. The zero-order valence-electron chi connectivity index (χ0n) is 11.7. The molecule has 1 heterocycles. The minimum atomic E-state index is -0.415. The largest absolute Gasteiger partial charge is 0.366 e. The maximum absolute atomic E-state index is 11.8. The third-order valence-corrected chi connectivity index (χ3v) is 3.39. The minimum Gasteiger partial charge on any atom is -0.366 e. The Morgan fingerprint density at radius 1 is 1.20 bits per heavy atom. The van der Waals surface area contributed by atoms with Crippen LogP contribution in [0.4, 0.5) is 5.69 Å². The smallest absolute Gasteiger partial charge is 0.251 e. The van der Waals surface area contributed by atoms with Gasteiger partial charge in [0.15, 0.2) is 5.69 Å². The average Bonchev–Trinajstić information content (AvgIpc) is 2.86. The molecule has 0 aliphatic heterocycles. The number of aromatic nitrogens is 1. The first-order valence-corrected chi connectivity index (χ1v) is 6.63. The maximum atomic E-state index is 11.8. The predicted molar refractivity (Wildman–Crippen MR) is 79.8 cm³/mol. The molecule has 20 heavy (non-hydrogen) atoms. The van der Waals surface area contributed by atoms with Crippen LogP contribution in [0.2, 0.25) is 0 Å². The number of nitrogens with one attached hydrogen (secondary N) is 1. The van der Waals surface area contributed by atoms with E-state index in [-0.39, 0.29) is 0 Å². The van der Waals surface area contributed by atoms with E-state index in [0.29, 0.717) is 11.3 Å². The van der Waals surface area contributed by atoms with Crippen LogP contribution in [0.15, 0.2) is 24.3 Å². The SMILES string of the molecule is [C-]#[N+]c1ccc(-c2c(CC)[nH]c(CC)c2C(N)=O)cc1. The standard InChI is InChI=1S/C16H17N3O/c1-4-12-14(10-6-8-11(18-3)9-7-10)15(16(17)20)13(5-2)19-12/h6-9,19H,4-5H2,1-2H3,(H2,17,20). The molecule has 1 aromatic heterocycles. The lowest BCUT2D eigenvalue weighted by Crippen LogP contribution is -2.13. The predicted octanol–water partition coefficient (Wildman–Crippen LogP) is 3.46. The summed E-state index contributed by atoms with van der Waals surface area (Å²) in [6.45, 7) is 11.0. The summed E-state index contributed by atoms with van der Waals surface area (Å²) in [4.78, 5) is 18.5. The zero-order chi connectivity index (χ0) is 14.7. The van der Waals surface area contributed by atoms with Crippen LogP contribution in [-0.2, 0) is 12.8 Å². The van der Waals surface area contributed by atoms with Crippen LogP contribution in [0.1, 0.15) is 35.6 Å². The summed E-state index contributed by atoms with van der Waals surface area (Å²) in [7, 11) is 0. The number of hydrogen-bond acceptors (Lipinski definition) is 1. The number of primary amides is 1. The summed E-state index contributed by atoms with van der Waals surface area (Å²) in [5.74, 6) is -0.415. The molecule has 0 saturated heterocycles. The Morgan fingerprint density at radius 3 is 2.25 bits per heavy atom. The van der Waals surface area contributed by atoms with Crippen molar-refractivity contribution in [2.24, 2.45) is 5.73 Å². The number of nitrogens with zero attached hydrogens (tertiary/aromatic N) is 1. The molecule has 0 saturated carbocycles. The van der Waals surface area contributed by atoms with Crippen LogP contribution in [0, 0.1) is 6.57 Å². The third kappa shape index (κ3) is 2.30. The lowest BCUT2D eigenvalue weighted by molar-refractivity contribution is 0.1000. The average molecular weight is 267 g/mol. The fraction of sp³-hybridized carbons (Fsp3) is 0.250. The highest BCUT2D eigenvalue weighted by atomic mass is 16.1.